The molecule has 0 radical (unpaired) electrons. The standard InChI is InChI=1S/C16H30N2O3/c1-3-12(9-11-17)7-8-14(19)18-13-6-4-5-10-16(13,2)15(20)21/h12-13H,3-11,17H2,1-2H3,(H,18,19)(H,20,21). The molecule has 1 aliphatic rings. The Bertz CT molecular complexity index is 359. The predicted octanol–water partition coefficient (Wildman–Crippen LogP) is 2.29. The van der Waals surface area contributed by atoms with Crippen molar-refractivity contribution in [2.75, 3.05) is 6.54 Å². The molecule has 1 saturated carbocycles. The van der Waals surface area contributed by atoms with Gasteiger partial charge < -0.3 is 16.2 Å². The highest BCUT2D eigenvalue weighted by Gasteiger charge is 2.43. The molecule has 122 valence electrons. The average molecular weight is 298 g/mol. The van der Waals surface area contributed by atoms with Crippen LogP contribution in [0.25, 0.3) is 0 Å². The van der Waals surface area contributed by atoms with Gasteiger partial charge in [0.15, 0.2) is 0 Å². The van der Waals surface area contributed by atoms with E-state index in [0.29, 0.717) is 25.3 Å². The Balaban J connectivity index is 2.50. The summed E-state index contributed by atoms with van der Waals surface area (Å²) in [6.07, 6.45) is 6.57. The number of carbonyl (C=O) groups excluding carboxylic acids is 1. The summed E-state index contributed by atoms with van der Waals surface area (Å²) in [6, 6.07) is -0.245. The third-order valence-corrected chi connectivity index (χ3v) is 4.96. The van der Waals surface area contributed by atoms with Gasteiger partial charge in [0.1, 0.15) is 0 Å². The molecule has 1 fully saturated rings. The predicted molar refractivity (Wildman–Crippen MR) is 82.8 cm³/mol. The van der Waals surface area contributed by atoms with E-state index in [1.54, 1.807) is 6.92 Å². The van der Waals surface area contributed by atoms with Crippen LogP contribution in [0.5, 0.6) is 0 Å². The van der Waals surface area contributed by atoms with Gasteiger partial charge in [-0.2, -0.15) is 0 Å². The van der Waals surface area contributed by atoms with Crippen LogP contribution < -0.4 is 11.1 Å². The molecular weight excluding hydrogens is 268 g/mol. The minimum Gasteiger partial charge on any atom is -0.481 e. The van der Waals surface area contributed by atoms with Crippen LogP contribution in [0.2, 0.25) is 0 Å². The van der Waals surface area contributed by atoms with E-state index in [-0.39, 0.29) is 11.9 Å². The van der Waals surface area contributed by atoms with Gasteiger partial charge in [-0.05, 0) is 45.1 Å². The lowest BCUT2D eigenvalue weighted by Crippen LogP contribution is -2.52. The second kappa shape index (κ2) is 8.37. The van der Waals surface area contributed by atoms with Gasteiger partial charge in [0.05, 0.1) is 5.41 Å². The second-order valence-electron chi connectivity index (χ2n) is 6.48. The average Bonchev–Trinajstić information content (AvgIpc) is 2.45. The molecule has 1 aliphatic carbocycles. The zero-order chi connectivity index (χ0) is 15.9. The van der Waals surface area contributed by atoms with Crippen LogP contribution in [-0.2, 0) is 9.59 Å². The number of aliphatic carboxylic acids is 1. The minimum atomic E-state index is -0.824. The van der Waals surface area contributed by atoms with E-state index < -0.39 is 11.4 Å². The maximum atomic E-state index is 12.1. The third kappa shape index (κ3) is 4.99. The SMILES string of the molecule is CCC(CCN)CCC(=O)NC1CCCCC1(C)C(=O)O. The first-order chi connectivity index (χ1) is 9.93. The number of hydrogen-bond donors (Lipinski definition) is 3. The van der Waals surface area contributed by atoms with Crippen molar-refractivity contribution in [3.05, 3.63) is 0 Å². The smallest absolute Gasteiger partial charge is 0.311 e. The zero-order valence-electron chi connectivity index (χ0n) is 13.4. The molecule has 5 nitrogen and oxygen atoms in total. The van der Waals surface area contributed by atoms with Crippen LogP contribution in [0.3, 0.4) is 0 Å². The molecule has 1 amide bonds. The normalized spacial score (nSPS) is 27.1. The number of amides is 1. The van der Waals surface area contributed by atoms with E-state index in [4.69, 9.17) is 5.73 Å². The first-order valence-corrected chi connectivity index (χ1v) is 8.16. The third-order valence-electron chi connectivity index (χ3n) is 4.96. The summed E-state index contributed by atoms with van der Waals surface area (Å²) in [6.45, 7) is 4.52. The molecule has 0 saturated heterocycles. The maximum absolute atomic E-state index is 12.1. The van der Waals surface area contributed by atoms with Crippen molar-refractivity contribution in [2.24, 2.45) is 17.1 Å². The van der Waals surface area contributed by atoms with Gasteiger partial charge in [-0.1, -0.05) is 26.2 Å². The van der Waals surface area contributed by atoms with Crippen molar-refractivity contribution in [3.8, 4) is 0 Å². The van der Waals surface area contributed by atoms with E-state index in [1.807, 2.05) is 0 Å². The van der Waals surface area contributed by atoms with Crippen LogP contribution in [-0.4, -0.2) is 29.6 Å². The van der Waals surface area contributed by atoms with Crippen LogP contribution in [0.4, 0.5) is 0 Å². The minimum absolute atomic E-state index is 0.0233. The lowest BCUT2D eigenvalue weighted by molar-refractivity contribution is -0.152. The van der Waals surface area contributed by atoms with Crippen molar-refractivity contribution in [1.29, 1.82) is 0 Å². The summed E-state index contributed by atoms with van der Waals surface area (Å²) >= 11 is 0. The van der Waals surface area contributed by atoms with Gasteiger partial charge >= 0.3 is 5.97 Å². The van der Waals surface area contributed by atoms with Crippen molar-refractivity contribution >= 4 is 11.9 Å². The lowest BCUT2D eigenvalue weighted by Gasteiger charge is -2.38. The highest BCUT2D eigenvalue weighted by Crippen LogP contribution is 2.36. The first kappa shape index (κ1) is 18.0. The summed E-state index contributed by atoms with van der Waals surface area (Å²) in [5.41, 5.74) is 4.74. The van der Waals surface area contributed by atoms with E-state index in [9.17, 15) is 14.7 Å². The van der Waals surface area contributed by atoms with Crippen molar-refractivity contribution in [3.63, 3.8) is 0 Å². The Hall–Kier alpha value is -1.10. The summed E-state index contributed by atoms with van der Waals surface area (Å²) in [5, 5.41) is 12.4. The Morgan fingerprint density at radius 2 is 2.10 bits per heavy atom. The molecule has 3 unspecified atom stereocenters. The summed E-state index contributed by atoms with van der Waals surface area (Å²) in [5.74, 6) is -0.343. The molecular formula is C16H30N2O3. The molecule has 3 atom stereocenters. The Kier molecular flexibility index (Phi) is 7.15. The molecule has 0 aromatic carbocycles. The number of hydrogen-bond acceptors (Lipinski definition) is 3. The first-order valence-electron chi connectivity index (χ1n) is 8.16. The van der Waals surface area contributed by atoms with E-state index >= 15 is 0 Å². The highest BCUT2D eigenvalue weighted by atomic mass is 16.4. The molecule has 0 aromatic rings. The van der Waals surface area contributed by atoms with Crippen LogP contribution >= 0.6 is 0 Å². The summed E-state index contributed by atoms with van der Waals surface area (Å²) in [7, 11) is 0. The molecule has 0 bridgehead atoms. The van der Waals surface area contributed by atoms with Crippen LogP contribution in [0.1, 0.15) is 65.2 Å². The Morgan fingerprint density at radius 3 is 2.67 bits per heavy atom. The maximum Gasteiger partial charge on any atom is 0.311 e. The Morgan fingerprint density at radius 1 is 1.38 bits per heavy atom. The fourth-order valence-electron chi connectivity index (χ4n) is 3.21. The van der Waals surface area contributed by atoms with Crippen molar-refractivity contribution < 1.29 is 14.7 Å². The quantitative estimate of drug-likeness (QED) is 0.641. The molecule has 0 heterocycles. The van der Waals surface area contributed by atoms with Crippen molar-refractivity contribution in [1.82, 2.24) is 5.32 Å². The molecule has 4 N–H and O–H groups in total. The van der Waals surface area contributed by atoms with Crippen LogP contribution in [0.15, 0.2) is 0 Å². The topological polar surface area (TPSA) is 92.4 Å². The second-order valence-corrected chi connectivity index (χ2v) is 6.48. The fourth-order valence-corrected chi connectivity index (χ4v) is 3.21. The fraction of sp³-hybridized carbons (Fsp3) is 0.875. The molecule has 21 heavy (non-hydrogen) atoms. The highest BCUT2D eigenvalue weighted by molar-refractivity contribution is 5.79. The molecule has 0 spiro atoms. The van der Waals surface area contributed by atoms with Gasteiger partial charge in [-0.25, -0.2) is 0 Å². The largest absolute Gasteiger partial charge is 0.481 e. The number of rotatable bonds is 8. The Labute approximate surface area is 127 Å². The van der Waals surface area contributed by atoms with Gasteiger partial charge in [0, 0.05) is 12.5 Å². The number of nitrogens with two attached hydrogens (primary N) is 1. The van der Waals surface area contributed by atoms with Gasteiger partial charge in [0.25, 0.3) is 0 Å². The monoisotopic (exact) mass is 298 g/mol. The molecule has 0 aliphatic heterocycles. The number of nitrogens with one attached hydrogen (secondary N) is 1. The van der Waals surface area contributed by atoms with E-state index in [1.165, 1.54) is 0 Å². The molecule has 1 rings (SSSR count). The van der Waals surface area contributed by atoms with Gasteiger partial charge in [-0.15, -0.1) is 0 Å². The number of carbonyl (C=O) groups is 2. The zero-order valence-corrected chi connectivity index (χ0v) is 13.4. The van der Waals surface area contributed by atoms with Gasteiger partial charge in [-0.3, -0.25) is 9.59 Å². The molecule has 0 aromatic heterocycles. The van der Waals surface area contributed by atoms with Crippen LogP contribution in [0, 0.1) is 11.3 Å². The molecule has 5 heteroatoms. The van der Waals surface area contributed by atoms with E-state index in [0.717, 1.165) is 38.5 Å². The van der Waals surface area contributed by atoms with E-state index in [2.05, 4.69) is 12.2 Å². The number of carboxylic acids is 1. The lowest BCUT2D eigenvalue weighted by atomic mass is 9.71. The summed E-state index contributed by atoms with van der Waals surface area (Å²) < 4.78 is 0. The number of carboxylic acid groups (broad SMARTS) is 1. The van der Waals surface area contributed by atoms with Gasteiger partial charge in [0.2, 0.25) is 5.91 Å². The van der Waals surface area contributed by atoms with Crippen molar-refractivity contribution in [2.45, 2.75) is 71.3 Å². The summed E-state index contributed by atoms with van der Waals surface area (Å²) in [4.78, 5) is 23.6.